The third-order valence-corrected chi connectivity index (χ3v) is 6.42. The second-order valence-corrected chi connectivity index (χ2v) is 8.22. The van der Waals surface area contributed by atoms with Gasteiger partial charge in [0.1, 0.15) is 39.5 Å². The molecule has 1 fully saturated rings. The van der Waals surface area contributed by atoms with E-state index < -0.39 is 17.9 Å². The van der Waals surface area contributed by atoms with E-state index in [1.165, 1.54) is 36.9 Å². The van der Waals surface area contributed by atoms with Gasteiger partial charge in [-0.05, 0) is 43.9 Å². The Labute approximate surface area is 176 Å². The molecule has 4 rings (SSSR count). The molecule has 2 aromatic heterocycles. The van der Waals surface area contributed by atoms with Gasteiger partial charge in [-0.25, -0.2) is 19.2 Å². The molecular weight excluding hydrogens is 409 g/mol. The molecule has 9 heteroatoms. The number of halogens is 1. The number of aliphatic hydroxyl groups is 1. The fourth-order valence-electron chi connectivity index (χ4n) is 3.66. The molecule has 3 aromatic rings. The molecule has 2 atom stereocenters. The summed E-state index contributed by atoms with van der Waals surface area (Å²) in [6, 6.07) is 4.18. The van der Waals surface area contributed by atoms with E-state index in [2.05, 4.69) is 15.3 Å². The smallest absolute Gasteiger partial charge is 0.348 e. The number of ether oxygens (including phenoxy) is 2. The van der Waals surface area contributed by atoms with E-state index in [0.717, 1.165) is 12.8 Å². The Morgan fingerprint density at radius 3 is 2.87 bits per heavy atom. The number of carbonyl (C=O) groups is 1. The highest BCUT2D eigenvalue weighted by Crippen LogP contribution is 2.37. The summed E-state index contributed by atoms with van der Waals surface area (Å²) in [6.45, 7) is 1.81. The number of nitrogens with one attached hydrogen (secondary N) is 1. The van der Waals surface area contributed by atoms with Crippen molar-refractivity contribution in [2.75, 3.05) is 12.4 Å². The average molecular weight is 431 g/mol. The predicted octanol–water partition coefficient (Wildman–Crippen LogP) is 4.35. The van der Waals surface area contributed by atoms with E-state index in [9.17, 15) is 14.3 Å². The molecule has 0 aliphatic heterocycles. The fraction of sp³-hybridized carbons (Fsp3) is 0.381. The second-order valence-electron chi connectivity index (χ2n) is 7.22. The van der Waals surface area contributed by atoms with E-state index >= 15 is 0 Å². The molecule has 0 saturated heterocycles. The molecule has 30 heavy (non-hydrogen) atoms. The lowest BCUT2D eigenvalue weighted by Crippen LogP contribution is -2.34. The minimum absolute atomic E-state index is 0.300. The molecule has 0 spiro atoms. The van der Waals surface area contributed by atoms with Crippen LogP contribution in [-0.2, 0) is 4.74 Å². The van der Waals surface area contributed by atoms with E-state index in [1.807, 2.05) is 0 Å². The number of nitrogens with zero attached hydrogens (tertiary/aromatic N) is 2. The summed E-state index contributed by atoms with van der Waals surface area (Å²) in [5.41, 5.74) is 1.22. The molecule has 1 aliphatic carbocycles. The average Bonchev–Trinajstić information content (AvgIpc) is 3.08. The Hall–Kier alpha value is -2.78. The van der Waals surface area contributed by atoms with Crippen molar-refractivity contribution in [1.82, 2.24) is 9.97 Å². The first kappa shape index (κ1) is 20.5. The molecule has 1 unspecified atom stereocenters. The van der Waals surface area contributed by atoms with Gasteiger partial charge >= 0.3 is 5.97 Å². The molecule has 7 nitrogen and oxygen atoms in total. The number of aliphatic hydroxyl groups excluding tert-OH is 1. The van der Waals surface area contributed by atoms with Crippen LogP contribution >= 0.6 is 11.3 Å². The van der Waals surface area contributed by atoms with Crippen molar-refractivity contribution in [3.63, 3.8) is 0 Å². The fourth-order valence-corrected chi connectivity index (χ4v) is 4.72. The van der Waals surface area contributed by atoms with Gasteiger partial charge < -0.3 is 19.9 Å². The normalized spacial score (nSPS) is 18.9. The van der Waals surface area contributed by atoms with E-state index in [-0.39, 0.29) is 6.10 Å². The van der Waals surface area contributed by atoms with Crippen LogP contribution in [0.2, 0.25) is 0 Å². The van der Waals surface area contributed by atoms with Gasteiger partial charge in [-0.15, -0.1) is 11.3 Å². The van der Waals surface area contributed by atoms with Crippen LogP contribution in [0.1, 0.15) is 40.9 Å². The minimum Gasteiger partial charge on any atom is -0.485 e. The van der Waals surface area contributed by atoms with Crippen LogP contribution < -0.4 is 10.1 Å². The van der Waals surface area contributed by atoms with Gasteiger partial charge in [0.05, 0.1) is 24.3 Å². The molecule has 1 aliphatic rings. The zero-order valence-electron chi connectivity index (χ0n) is 16.6. The summed E-state index contributed by atoms with van der Waals surface area (Å²) in [5, 5.41) is 14.1. The monoisotopic (exact) mass is 431 g/mol. The number of aryl methyl sites for hydroxylation is 1. The topological polar surface area (TPSA) is 93.6 Å². The van der Waals surface area contributed by atoms with Crippen molar-refractivity contribution in [2.45, 2.75) is 44.8 Å². The number of benzene rings is 1. The van der Waals surface area contributed by atoms with Crippen molar-refractivity contribution >= 4 is 39.0 Å². The number of aromatic nitrogens is 2. The second kappa shape index (κ2) is 8.53. The van der Waals surface area contributed by atoms with Gasteiger partial charge in [0.25, 0.3) is 0 Å². The zero-order valence-corrected chi connectivity index (χ0v) is 17.5. The molecule has 158 valence electrons. The molecule has 1 aromatic carbocycles. The van der Waals surface area contributed by atoms with Crippen LogP contribution in [0.25, 0.3) is 10.2 Å². The first-order chi connectivity index (χ1) is 14.5. The zero-order chi connectivity index (χ0) is 21.3. The first-order valence-corrected chi connectivity index (χ1v) is 10.5. The standard InChI is InChI=1S/C21H22FN3O4S/c1-11-17-19(23-10-24-20(17)30-18(11)21(27)28-2)25-13-8-7-12(22)9-16(13)29-15-6-4-3-5-14(15)26/h7-10,14-15,26H,3-6H2,1-2H3,(H,23,24,25)/t14-,15?/m0/s1. The number of esters is 1. The van der Waals surface area contributed by atoms with Crippen molar-refractivity contribution in [2.24, 2.45) is 0 Å². The lowest BCUT2D eigenvalue weighted by atomic mass is 9.95. The Kier molecular flexibility index (Phi) is 5.83. The van der Waals surface area contributed by atoms with Gasteiger partial charge in [-0.1, -0.05) is 6.42 Å². The summed E-state index contributed by atoms with van der Waals surface area (Å²) in [4.78, 5) is 21.7. The maximum atomic E-state index is 13.9. The van der Waals surface area contributed by atoms with E-state index in [4.69, 9.17) is 9.47 Å². The van der Waals surface area contributed by atoms with Crippen molar-refractivity contribution in [3.05, 3.63) is 40.8 Å². The highest BCUT2D eigenvalue weighted by molar-refractivity contribution is 7.20. The minimum atomic E-state index is -0.581. The quantitative estimate of drug-likeness (QED) is 0.580. The SMILES string of the molecule is COC(=O)c1sc2ncnc(Nc3ccc(F)cc3OC3CCCC[C@@H]3O)c2c1C. The van der Waals surface area contributed by atoms with Crippen molar-refractivity contribution < 1.29 is 23.8 Å². The highest BCUT2D eigenvalue weighted by atomic mass is 32.1. The molecular formula is C21H22FN3O4S. The Balaban J connectivity index is 1.70. The van der Waals surface area contributed by atoms with Crippen LogP contribution in [0.5, 0.6) is 5.75 Å². The maximum Gasteiger partial charge on any atom is 0.348 e. The molecule has 0 bridgehead atoms. The number of carbonyl (C=O) groups excluding carboxylic acids is 1. The number of fused-ring (bicyclic) bond motifs is 1. The van der Waals surface area contributed by atoms with Gasteiger partial charge in [0.15, 0.2) is 0 Å². The third-order valence-electron chi connectivity index (χ3n) is 5.24. The van der Waals surface area contributed by atoms with Crippen LogP contribution in [0, 0.1) is 12.7 Å². The largest absolute Gasteiger partial charge is 0.485 e. The Morgan fingerprint density at radius 1 is 1.30 bits per heavy atom. The molecule has 0 amide bonds. The van der Waals surface area contributed by atoms with E-state index in [0.29, 0.717) is 50.8 Å². The summed E-state index contributed by atoms with van der Waals surface area (Å²) >= 11 is 1.23. The highest BCUT2D eigenvalue weighted by Gasteiger charge is 2.26. The van der Waals surface area contributed by atoms with Crippen molar-refractivity contribution in [1.29, 1.82) is 0 Å². The summed E-state index contributed by atoms with van der Waals surface area (Å²) in [6.07, 6.45) is 3.71. The predicted molar refractivity (Wildman–Crippen MR) is 112 cm³/mol. The number of rotatable bonds is 5. The van der Waals surface area contributed by atoms with Crippen LogP contribution in [0.3, 0.4) is 0 Å². The van der Waals surface area contributed by atoms with Crippen LogP contribution in [0.4, 0.5) is 15.9 Å². The summed E-state index contributed by atoms with van der Waals surface area (Å²) < 4.78 is 24.8. The lowest BCUT2D eigenvalue weighted by Gasteiger charge is -2.29. The van der Waals surface area contributed by atoms with Gasteiger partial charge in [-0.2, -0.15) is 0 Å². The Morgan fingerprint density at radius 2 is 2.10 bits per heavy atom. The van der Waals surface area contributed by atoms with E-state index in [1.54, 1.807) is 13.0 Å². The first-order valence-electron chi connectivity index (χ1n) is 9.71. The molecule has 1 saturated carbocycles. The van der Waals surface area contributed by atoms with Crippen LogP contribution in [-0.4, -0.2) is 40.4 Å². The maximum absolute atomic E-state index is 13.9. The number of anilines is 2. The lowest BCUT2D eigenvalue weighted by molar-refractivity contribution is 0.00712. The molecule has 2 heterocycles. The summed E-state index contributed by atoms with van der Waals surface area (Å²) in [7, 11) is 1.33. The van der Waals surface area contributed by atoms with Gasteiger partial charge in [0, 0.05) is 6.07 Å². The third kappa shape index (κ3) is 3.95. The van der Waals surface area contributed by atoms with Crippen LogP contribution in [0.15, 0.2) is 24.5 Å². The molecule has 0 radical (unpaired) electrons. The number of hydrogen-bond acceptors (Lipinski definition) is 8. The molecule has 2 N–H and O–H groups in total. The number of thiophene rings is 1. The van der Waals surface area contributed by atoms with Gasteiger partial charge in [0.2, 0.25) is 0 Å². The van der Waals surface area contributed by atoms with Gasteiger partial charge in [-0.3, -0.25) is 0 Å². The van der Waals surface area contributed by atoms with Crippen molar-refractivity contribution in [3.8, 4) is 5.75 Å². The Bertz CT molecular complexity index is 1090. The summed E-state index contributed by atoms with van der Waals surface area (Å²) in [5.74, 6) is -0.0924. The number of hydrogen-bond donors (Lipinski definition) is 2. The number of methoxy groups -OCH3 is 1.